The van der Waals surface area contributed by atoms with Crippen molar-refractivity contribution in [1.82, 2.24) is 5.32 Å². The van der Waals surface area contributed by atoms with E-state index >= 15 is 0 Å². The van der Waals surface area contributed by atoms with Gasteiger partial charge in [0.1, 0.15) is 10.9 Å². The Labute approximate surface area is 88.7 Å². The van der Waals surface area contributed by atoms with Gasteiger partial charge in [-0.2, -0.15) is 13.2 Å². The Morgan fingerprint density at radius 1 is 1.50 bits per heavy atom. The van der Waals surface area contributed by atoms with Crippen molar-refractivity contribution >= 4 is 29.1 Å². The topological polar surface area (TPSA) is 29.1 Å². The van der Waals surface area contributed by atoms with Crippen LogP contribution in [0.25, 0.3) is 0 Å². The lowest BCUT2D eigenvalue weighted by Gasteiger charge is -2.13. The molecule has 14 heavy (non-hydrogen) atoms. The molecule has 2 nitrogen and oxygen atoms in total. The molecular weight excluding hydrogens is 242 g/mol. The number of amides is 1. The number of nitrogens with one attached hydrogen (secondary N) is 1. The predicted octanol–water partition coefficient (Wildman–Crippen LogP) is 2.25. The average molecular weight is 250 g/mol. The highest BCUT2D eigenvalue weighted by Crippen LogP contribution is 2.63. The molecule has 0 saturated heterocycles. The number of halogens is 5. The van der Waals surface area contributed by atoms with Crippen LogP contribution in [0.5, 0.6) is 0 Å². The number of hydrogen-bond donors (Lipinski definition) is 1. The summed E-state index contributed by atoms with van der Waals surface area (Å²) < 4.78 is 34.0. The van der Waals surface area contributed by atoms with E-state index in [0.717, 1.165) is 0 Å². The number of rotatable bonds is 2. The van der Waals surface area contributed by atoms with Gasteiger partial charge in [0.15, 0.2) is 0 Å². The van der Waals surface area contributed by atoms with Crippen LogP contribution in [-0.4, -0.2) is 23.0 Å². The first-order valence-corrected chi connectivity index (χ1v) is 4.57. The minimum atomic E-state index is -4.41. The molecular formula is C7H8Cl2F3NO. The molecule has 0 radical (unpaired) electrons. The van der Waals surface area contributed by atoms with E-state index in [1.165, 1.54) is 6.92 Å². The second kappa shape index (κ2) is 3.17. The van der Waals surface area contributed by atoms with Gasteiger partial charge in [-0.1, -0.05) is 0 Å². The van der Waals surface area contributed by atoms with Crippen LogP contribution in [0, 0.1) is 5.41 Å². The standard InChI is InChI=1S/C7H8Cl2F3NO/c1-5(2-6(5,8)9)4(14)13-3-7(10,11)12/h2-3H2,1H3,(H,13,14)/t5-/m1/s1. The molecule has 1 fully saturated rings. The molecule has 0 aromatic carbocycles. The van der Waals surface area contributed by atoms with Gasteiger partial charge in [-0.3, -0.25) is 4.79 Å². The first-order valence-electron chi connectivity index (χ1n) is 3.81. The van der Waals surface area contributed by atoms with Crippen molar-refractivity contribution in [3.05, 3.63) is 0 Å². The lowest BCUT2D eigenvalue weighted by molar-refractivity contribution is -0.141. The molecule has 82 valence electrons. The summed E-state index contributed by atoms with van der Waals surface area (Å²) in [5.74, 6) is -0.764. The number of hydrogen-bond acceptors (Lipinski definition) is 1. The fourth-order valence-electron chi connectivity index (χ4n) is 1.02. The molecule has 1 atom stereocenters. The smallest absolute Gasteiger partial charge is 0.346 e. The van der Waals surface area contributed by atoms with Crippen molar-refractivity contribution in [2.45, 2.75) is 23.9 Å². The van der Waals surface area contributed by atoms with Crippen LogP contribution < -0.4 is 5.32 Å². The average Bonchev–Trinajstić information content (AvgIpc) is 2.46. The third kappa shape index (κ3) is 2.25. The van der Waals surface area contributed by atoms with E-state index in [-0.39, 0.29) is 6.42 Å². The highest BCUT2D eigenvalue weighted by Gasteiger charge is 2.68. The van der Waals surface area contributed by atoms with E-state index in [9.17, 15) is 18.0 Å². The van der Waals surface area contributed by atoms with Crippen LogP contribution in [0.2, 0.25) is 0 Å². The van der Waals surface area contributed by atoms with Crippen molar-refractivity contribution in [3.63, 3.8) is 0 Å². The minimum Gasteiger partial charge on any atom is -0.346 e. The van der Waals surface area contributed by atoms with Gasteiger partial charge in [-0.25, -0.2) is 0 Å². The van der Waals surface area contributed by atoms with Gasteiger partial charge < -0.3 is 5.32 Å². The maximum absolute atomic E-state index is 11.7. The fourth-order valence-corrected chi connectivity index (χ4v) is 1.73. The summed E-state index contributed by atoms with van der Waals surface area (Å²) in [6.07, 6.45) is -4.24. The molecule has 1 saturated carbocycles. The van der Waals surface area contributed by atoms with E-state index in [1.54, 1.807) is 5.32 Å². The normalized spacial score (nSPS) is 29.9. The van der Waals surface area contributed by atoms with Crippen LogP contribution in [-0.2, 0) is 4.79 Å². The molecule has 0 aromatic rings. The van der Waals surface area contributed by atoms with Gasteiger partial charge in [-0.15, -0.1) is 23.2 Å². The third-order valence-electron chi connectivity index (χ3n) is 2.21. The Morgan fingerprint density at radius 2 is 1.93 bits per heavy atom. The van der Waals surface area contributed by atoms with Crippen LogP contribution in [0.15, 0.2) is 0 Å². The van der Waals surface area contributed by atoms with Crippen molar-refractivity contribution in [1.29, 1.82) is 0 Å². The Hall–Kier alpha value is -0.160. The van der Waals surface area contributed by atoms with Crippen LogP contribution in [0.4, 0.5) is 13.2 Å². The second-order valence-corrected chi connectivity index (χ2v) is 5.00. The molecule has 1 rings (SSSR count). The van der Waals surface area contributed by atoms with E-state index in [1.807, 2.05) is 0 Å². The monoisotopic (exact) mass is 249 g/mol. The zero-order chi connectivity index (χ0) is 11.2. The molecule has 0 unspecified atom stereocenters. The number of carbonyl (C=O) groups excluding carboxylic acids is 1. The maximum Gasteiger partial charge on any atom is 0.405 e. The molecule has 7 heteroatoms. The maximum atomic E-state index is 11.7. The fraction of sp³-hybridized carbons (Fsp3) is 0.857. The van der Waals surface area contributed by atoms with Gasteiger partial charge in [0.05, 0.1) is 5.41 Å². The third-order valence-corrected chi connectivity index (χ3v) is 3.31. The van der Waals surface area contributed by atoms with Gasteiger partial charge in [0, 0.05) is 0 Å². The molecule has 0 spiro atoms. The molecule has 0 heterocycles. The molecule has 1 aliphatic rings. The van der Waals surface area contributed by atoms with Crippen LogP contribution in [0.3, 0.4) is 0 Å². The van der Waals surface area contributed by atoms with Crippen molar-refractivity contribution in [2.75, 3.05) is 6.54 Å². The van der Waals surface area contributed by atoms with E-state index in [0.29, 0.717) is 0 Å². The van der Waals surface area contributed by atoms with Gasteiger partial charge in [0.2, 0.25) is 5.91 Å². The van der Waals surface area contributed by atoms with Crippen LogP contribution in [0.1, 0.15) is 13.3 Å². The summed E-state index contributed by atoms with van der Waals surface area (Å²) in [7, 11) is 0. The second-order valence-electron chi connectivity index (χ2n) is 3.51. The summed E-state index contributed by atoms with van der Waals surface area (Å²) >= 11 is 11.2. The molecule has 0 aromatic heterocycles. The van der Waals surface area contributed by atoms with Crippen LogP contribution >= 0.6 is 23.2 Å². The van der Waals surface area contributed by atoms with E-state index in [4.69, 9.17) is 23.2 Å². The van der Waals surface area contributed by atoms with E-state index < -0.39 is 28.4 Å². The Kier molecular flexibility index (Phi) is 2.69. The number of alkyl halides is 5. The van der Waals surface area contributed by atoms with Crippen molar-refractivity contribution < 1.29 is 18.0 Å². The highest BCUT2D eigenvalue weighted by molar-refractivity contribution is 6.53. The first kappa shape index (κ1) is 11.9. The summed E-state index contributed by atoms with van der Waals surface area (Å²) in [6, 6.07) is 0. The molecule has 1 amide bonds. The minimum absolute atomic E-state index is 0.173. The van der Waals surface area contributed by atoms with E-state index in [2.05, 4.69) is 0 Å². The lowest BCUT2D eigenvalue weighted by atomic mass is 10.1. The Balaban J connectivity index is 2.46. The van der Waals surface area contributed by atoms with Gasteiger partial charge >= 0.3 is 6.18 Å². The Morgan fingerprint density at radius 3 is 2.21 bits per heavy atom. The summed E-state index contributed by atoms with van der Waals surface area (Å²) in [4.78, 5) is 11.2. The van der Waals surface area contributed by atoms with Gasteiger partial charge in [0.25, 0.3) is 0 Å². The lowest BCUT2D eigenvalue weighted by Crippen LogP contribution is -2.39. The largest absolute Gasteiger partial charge is 0.405 e. The Bertz CT molecular complexity index is 266. The molecule has 1 aliphatic carbocycles. The zero-order valence-electron chi connectivity index (χ0n) is 7.21. The van der Waals surface area contributed by atoms with Crippen molar-refractivity contribution in [3.8, 4) is 0 Å². The quantitative estimate of drug-likeness (QED) is 0.748. The molecule has 0 aliphatic heterocycles. The van der Waals surface area contributed by atoms with Crippen molar-refractivity contribution in [2.24, 2.45) is 5.41 Å². The summed E-state index contributed by atoms with van der Waals surface area (Å²) in [5, 5.41) is 1.75. The molecule has 1 N–H and O–H groups in total. The highest BCUT2D eigenvalue weighted by atomic mass is 35.5. The number of carbonyl (C=O) groups is 1. The summed E-state index contributed by atoms with van der Waals surface area (Å²) in [5.41, 5.74) is -1.10. The van der Waals surface area contributed by atoms with Gasteiger partial charge in [-0.05, 0) is 13.3 Å². The SMILES string of the molecule is C[C@]1(C(=O)NCC(F)(F)F)CC1(Cl)Cl. The zero-order valence-corrected chi connectivity index (χ0v) is 8.72. The molecule has 0 bridgehead atoms. The summed E-state index contributed by atoms with van der Waals surface area (Å²) in [6.45, 7) is 0.0734. The first-order chi connectivity index (χ1) is 6.08. The predicted molar refractivity (Wildman–Crippen MR) is 46.2 cm³/mol.